The summed E-state index contributed by atoms with van der Waals surface area (Å²) in [4.78, 5) is 24.2. The van der Waals surface area contributed by atoms with E-state index >= 15 is 0 Å². The SMILES string of the molecule is CC(C)(C)OC(COC(=O)CCCC(=O)NCCc1ccc(N)cc1)OC1COC(C)(C)C1. The maximum Gasteiger partial charge on any atom is 0.305 e. The number of carbonyl (C=O) groups is 2. The standard InChI is InChI=1S/C25H40N2O6/c1-24(2,3)33-23(32-20-15-25(4,5)31-16-20)17-30-22(29)8-6-7-21(28)27-14-13-18-9-11-19(26)12-10-18/h9-12,20,23H,6-8,13-17,26H2,1-5H3,(H,27,28). The zero-order chi connectivity index (χ0) is 24.5. The normalized spacial score (nSPS) is 18.6. The maximum atomic E-state index is 12.2. The summed E-state index contributed by atoms with van der Waals surface area (Å²) >= 11 is 0. The highest BCUT2D eigenvalue weighted by Gasteiger charge is 2.35. The summed E-state index contributed by atoms with van der Waals surface area (Å²) in [5.74, 6) is -0.460. The monoisotopic (exact) mass is 464 g/mol. The molecule has 1 fully saturated rings. The molecule has 8 nitrogen and oxygen atoms in total. The lowest BCUT2D eigenvalue weighted by Crippen LogP contribution is -2.36. The van der Waals surface area contributed by atoms with Crippen LogP contribution in [0.4, 0.5) is 5.69 Å². The van der Waals surface area contributed by atoms with E-state index in [1.807, 2.05) is 58.9 Å². The van der Waals surface area contributed by atoms with Crippen molar-refractivity contribution in [3.8, 4) is 0 Å². The fourth-order valence-corrected chi connectivity index (χ4v) is 3.53. The molecule has 186 valence electrons. The number of nitrogens with two attached hydrogens (primary N) is 1. The predicted molar refractivity (Wildman–Crippen MR) is 127 cm³/mol. The number of anilines is 1. The van der Waals surface area contributed by atoms with Crippen LogP contribution in [0.15, 0.2) is 24.3 Å². The lowest BCUT2D eigenvalue weighted by Gasteiger charge is -2.29. The summed E-state index contributed by atoms with van der Waals surface area (Å²) in [6.45, 7) is 10.8. The van der Waals surface area contributed by atoms with Gasteiger partial charge in [0.15, 0.2) is 6.29 Å². The van der Waals surface area contributed by atoms with Gasteiger partial charge in [-0.3, -0.25) is 9.59 Å². The number of ether oxygens (including phenoxy) is 4. The van der Waals surface area contributed by atoms with E-state index in [9.17, 15) is 9.59 Å². The first-order chi connectivity index (χ1) is 15.4. The van der Waals surface area contributed by atoms with Gasteiger partial charge in [-0.05, 0) is 65.2 Å². The molecule has 0 aliphatic carbocycles. The van der Waals surface area contributed by atoms with E-state index in [-0.39, 0.29) is 43.0 Å². The van der Waals surface area contributed by atoms with Gasteiger partial charge in [0.05, 0.1) is 23.9 Å². The third-order valence-electron chi connectivity index (χ3n) is 5.09. The first kappa shape index (κ1) is 27.1. The summed E-state index contributed by atoms with van der Waals surface area (Å²) in [5.41, 5.74) is 6.81. The average Bonchev–Trinajstić information content (AvgIpc) is 3.05. The number of rotatable bonds is 12. The molecule has 0 bridgehead atoms. The van der Waals surface area contributed by atoms with E-state index in [1.54, 1.807) is 0 Å². The Morgan fingerprint density at radius 1 is 1.21 bits per heavy atom. The Balaban J connectivity index is 1.64. The number of nitrogen functional groups attached to an aromatic ring is 1. The Morgan fingerprint density at radius 2 is 1.91 bits per heavy atom. The zero-order valence-corrected chi connectivity index (χ0v) is 20.6. The largest absolute Gasteiger partial charge is 0.460 e. The van der Waals surface area contributed by atoms with Crippen molar-refractivity contribution >= 4 is 17.6 Å². The Labute approximate surface area is 197 Å². The smallest absolute Gasteiger partial charge is 0.305 e. The lowest BCUT2D eigenvalue weighted by atomic mass is 10.1. The predicted octanol–water partition coefficient (Wildman–Crippen LogP) is 3.37. The molecule has 1 aromatic carbocycles. The topological polar surface area (TPSA) is 109 Å². The van der Waals surface area contributed by atoms with Gasteiger partial charge in [0, 0.05) is 31.5 Å². The van der Waals surface area contributed by atoms with E-state index < -0.39 is 11.9 Å². The van der Waals surface area contributed by atoms with Gasteiger partial charge < -0.3 is 30.0 Å². The molecule has 33 heavy (non-hydrogen) atoms. The fourth-order valence-electron chi connectivity index (χ4n) is 3.53. The van der Waals surface area contributed by atoms with Crippen LogP contribution in [0, 0.1) is 0 Å². The number of nitrogens with one attached hydrogen (secondary N) is 1. The van der Waals surface area contributed by atoms with Gasteiger partial charge in [-0.2, -0.15) is 0 Å². The van der Waals surface area contributed by atoms with Crippen LogP contribution in [-0.4, -0.2) is 55.2 Å². The molecule has 1 heterocycles. The number of esters is 1. The number of hydrogen-bond acceptors (Lipinski definition) is 7. The van der Waals surface area contributed by atoms with Crippen molar-refractivity contribution in [2.45, 2.75) is 90.3 Å². The lowest BCUT2D eigenvalue weighted by molar-refractivity contribution is -0.233. The third kappa shape index (κ3) is 11.5. The van der Waals surface area contributed by atoms with Crippen molar-refractivity contribution in [3.63, 3.8) is 0 Å². The van der Waals surface area contributed by atoms with Gasteiger partial charge in [0.25, 0.3) is 0 Å². The Kier molecular flexibility index (Phi) is 10.1. The Morgan fingerprint density at radius 3 is 2.52 bits per heavy atom. The molecule has 8 heteroatoms. The molecule has 1 saturated heterocycles. The molecule has 1 amide bonds. The molecule has 0 aromatic heterocycles. The maximum absolute atomic E-state index is 12.2. The van der Waals surface area contributed by atoms with Crippen molar-refractivity contribution in [3.05, 3.63) is 29.8 Å². The molecular formula is C25H40N2O6. The van der Waals surface area contributed by atoms with Crippen LogP contribution in [0.25, 0.3) is 0 Å². The second-order valence-electron chi connectivity index (χ2n) is 10.1. The van der Waals surface area contributed by atoms with Crippen LogP contribution in [-0.2, 0) is 35.0 Å². The van der Waals surface area contributed by atoms with E-state index in [1.165, 1.54) is 0 Å². The van der Waals surface area contributed by atoms with Crippen LogP contribution in [0.3, 0.4) is 0 Å². The number of benzene rings is 1. The van der Waals surface area contributed by atoms with Gasteiger partial charge >= 0.3 is 5.97 Å². The van der Waals surface area contributed by atoms with E-state index in [2.05, 4.69) is 5.32 Å². The molecule has 1 aliphatic heterocycles. The Hall–Kier alpha value is -2.16. The zero-order valence-electron chi connectivity index (χ0n) is 20.6. The van der Waals surface area contributed by atoms with E-state index in [0.29, 0.717) is 25.3 Å². The second kappa shape index (κ2) is 12.3. The van der Waals surface area contributed by atoms with Crippen molar-refractivity contribution in [1.82, 2.24) is 5.32 Å². The summed E-state index contributed by atoms with van der Waals surface area (Å²) < 4.78 is 23.0. The molecular weight excluding hydrogens is 424 g/mol. The second-order valence-corrected chi connectivity index (χ2v) is 10.1. The van der Waals surface area contributed by atoms with E-state index in [0.717, 1.165) is 18.4 Å². The molecule has 0 saturated carbocycles. The third-order valence-corrected chi connectivity index (χ3v) is 5.09. The summed E-state index contributed by atoms with van der Waals surface area (Å²) in [7, 11) is 0. The molecule has 2 unspecified atom stereocenters. The van der Waals surface area contributed by atoms with Gasteiger partial charge in [-0.25, -0.2) is 0 Å². The van der Waals surface area contributed by atoms with Gasteiger partial charge in [0.2, 0.25) is 5.91 Å². The quantitative estimate of drug-likeness (QED) is 0.277. The molecule has 0 spiro atoms. The van der Waals surface area contributed by atoms with Crippen molar-refractivity contribution in [1.29, 1.82) is 0 Å². The number of carbonyl (C=O) groups excluding carboxylic acids is 2. The number of amides is 1. The highest BCUT2D eigenvalue weighted by Crippen LogP contribution is 2.28. The first-order valence-electron chi connectivity index (χ1n) is 11.7. The summed E-state index contributed by atoms with van der Waals surface area (Å²) in [6, 6.07) is 7.57. The molecule has 1 aromatic rings. The summed E-state index contributed by atoms with van der Waals surface area (Å²) in [5, 5.41) is 2.87. The molecule has 2 rings (SSSR count). The van der Waals surface area contributed by atoms with Crippen LogP contribution >= 0.6 is 0 Å². The minimum absolute atomic E-state index is 0.000812. The van der Waals surface area contributed by atoms with Crippen LogP contribution in [0.2, 0.25) is 0 Å². The number of hydrogen-bond donors (Lipinski definition) is 2. The molecule has 3 N–H and O–H groups in total. The Bertz CT molecular complexity index is 757. The highest BCUT2D eigenvalue weighted by atomic mass is 16.7. The fraction of sp³-hybridized carbons (Fsp3) is 0.680. The van der Waals surface area contributed by atoms with Crippen molar-refractivity contribution in [2.24, 2.45) is 0 Å². The summed E-state index contributed by atoms with van der Waals surface area (Å²) in [6.07, 6.45) is 1.54. The minimum Gasteiger partial charge on any atom is -0.460 e. The van der Waals surface area contributed by atoms with Crippen molar-refractivity contribution in [2.75, 3.05) is 25.5 Å². The highest BCUT2D eigenvalue weighted by molar-refractivity contribution is 5.77. The van der Waals surface area contributed by atoms with E-state index in [4.69, 9.17) is 24.7 Å². The van der Waals surface area contributed by atoms with Crippen LogP contribution in [0.1, 0.15) is 65.9 Å². The molecule has 1 aliphatic rings. The van der Waals surface area contributed by atoms with Crippen LogP contribution in [0.5, 0.6) is 0 Å². The van der Waals surface area contributed by atoms with Crippen LogP contribution < -0.4 is 11.1 Å². The van der Waals surface area contributed by atoms with Gasteiger partial charge in [-0.1, -0.05) is 12.1 Å². The molecule has 2 atom stereocenters. The van der Waals surface area contributed by atoms with Crippen molar-refractivity contribution < 1.29 is 28.5 Å². The van der Waals surface area contributed by atoms with Gasteiger partial charge in [0.1, 0.15) is 6.61 Å². The minimum atomic E-state index is -0.673. The molecule has 0 radical (unpaired) electrons. The first-order valence-corrected chi connectivity index (χ1v) is 11.7. The van der Waals surface area contributed by atoms with Gasteiger partial charge in [-0.15, -0.1) is 0 Å². The average molecular weight is 465 g/mol.